The predicted octanol–water partition coefficient (Wildman–Crippen LogP) is 2.74. The van der Waals surface area contributed by atoms with Gasteiger partial charge in [0.2, 0.25) is 5.89 Å². The van der Waals surface area contributed by atoms with Gasteiger partial charge in [-0.1, -0.05) is 29.7 Å². The summed E-state index contributed by atoms with van der Waals surface area (Å²) >= 11 is 6.33. The van der Waals surface area contributed by atoms with Crippen LogP contribution in [0.4, 0.5) is 0 Å². The van der Waals surface area contributed by atoms with Crippen molar-refractivity contribution in [2.24, 2.45) is 5.73 Å². The van der Waals surface area contributed by atoms with Gasteiger partial charge in [0.1, 0.15) is 0 Å². The van der Waals surface area contributed by atoms with Crippen LogP contribution in [0.3, 0.4) is 0 Å². The molecule has 0 radical (unpaired) electrons. The smallest absolute Gasteiger partial charge is 0.226 e. The molecule has 0 spiro atoms. The molecule has 0 aliphatic heterocycles. The Bertz CT molecular complexity index is 616. The maximum atomic E-state index is 6.33. The number of rotatable bonds is 6. The highest BCUT2D eigenvalue weighted by molar-refractivity contribution is 6.33. The van der Waals surface area contributed by atoms with Crippen LogP contribution in [0.15, 0.2) is 16.7 Å². The van der Waals surface area contributed by atoms with Gasteiger partial charge in [0.05, 0.1) is 25.3 Å². The first-order valence-corrected chi connectivity index (χ1v) is 6.98. The molecule has 2 rings (SSSR count). The summed E-state index contributed by atoms with van der Waals surface area (Å²) in [6, 6.07) is 2.92. The average Bonchev–Trinajstić information content (AvgIpc) is 2.95. The molecule has 0 bridgehead atoms. The molecule has 0 saturated carbocycles. The second kappa shape index (κ2) is 6.78. The first kappa shape index (κ1) is 15.6. The van der Waals surface area contributed by atoms with E-state index in [1.165, 1.54) is 7.11 Å². The van der Waals surface area contributed by atoms with Crippen molar-refractivity contribution in [2.75, 3.05) is 14.2 Å². The molecular formula is C14H18ClN3O3. The van der Waals surface area contributed by atoms with Gasteiger partial charge in [0, 0.05) is 6.42 Å². The van der Waals surface area contributed by atoms with Crippen LogP contribution in [0.1, 0.15) is 36.7 Å². The third-order valence-electron chi connectivity index (χ3n) is 3.08. The topological polar surface area (TPSA) is 83.4 Å². The van der Waals surface area contributed by atoms with Gasteiger partial charge in [-0.3, -0.25) is 0 Å². The minimum absolute atomic E-state index is 0.381. The highest BCUT2D eigenvalue weighted by Crippen LogP contribution is 2.39. The normalized spacial score (nSPS) is 12.2. The van der Waals surface area contributed by atoms with Crippen LogP contribution in [-0.4, -0.2) is 24.4 Å². The number of hydrogen-bond donors (Lipinski definition) is 1. The van der Waals surface area contributed by atoms with E-state index in [1.807, 2.05) is 6.92 Å². The van der Waals surface area contributed by atoms with Crippen LogP contribution in [-0.2, 0) is 6.42 Å². The van der Waals surface area contributed by atoms with Gasteiger partial charge in [-0.05, 0) is 18.1 Å². The number of nitrogens with two attached hydrogens (primary N) is 1. The second-order valence-corrected chi connectivity index (χ2v) is 4.86. The van der Waals surface area contributed by atoms with Crippen LogP contribution >= 0.6 is 11.6 Å². The van der Waals surface area contributed by atoms with E-state index >= 15 is 0 Å². The number of aromatic nitrogens is 2. The molecule has 2 aromatic rings. The number of hydrogen-bond acceptors (Lipinski definition) is 6. The summed E-state index contributed by atoms with van der Waals surface area (Å²) < 4.78 is 15.6. The van der Waals surface area contributed by atoms with E-state index in [0.29, 0.717) is 33.8 Å². The Hall–Kier alpha value is -1.79. The summed E-state index contributed by atoms with van der Waals surface area (Å²) in [5, 5.41) is 4.29. The van der Waals surface area contributed by atoms with E-state index in [9.17, 15) is 0 Å². The number of ether oxygens (including phenoxy) is 2. The maximum absolute atomic E-state index is 6.33. The number of benzene rings is 1. The Kier molecular flexibility index (Phi) is 5.03. The quantitative estimate of drug-likeness (QED) is 0.883. The molecule has 7 heteroatoms. The minimum Gasteiger partial charge on any atom is -0.493 e. The second-order valence-electron chi connectivity index (χ2n) is 4.48. The first-order valence-electron chi connectivity index (χ1n) is 6.60. The summed E-state index contributed by atoms with van der Waals surface area (Å²) in [6.07, 6.45) is 1.65. The van der Waals surface area contributed by atoms with E-state index in [-0.39, 0.29) is 0 Å². The zero-order valence-corrected chi connectivity index (χ0v) is 13.0. The Labute approximate surface area is 128 Å². The lowest BCUT2D eigenvalue weighted by Crippen LogP contribution is -2.14. The standard InChI is InChI=1S/C14H18ClN3O3/c1-4-5-10-17-14(18-21-10)12(16)8-6-7-9(19-2)13(20-3)11(8)15/h6-7,12H,4-5,16H2,1-3H3. The molecule has 1 heterocycles. The third kappa shape index (κ3) is 3.11. The van der Waals surface area contributed by atoms with Gasteiger partial charge in [0.25, 0.3) is 0 Å². The fourth-order valence-electron chi connectivity index (χ4n) is 1.99. The Morgan fingerprint density at radius 2 is 2.10 bits per heavy atom. The van der Waals surface area contributed by atoms with E-state index in [2.05, 4.69) is 10.1 Å². The van der Waals surface area contributed by atoms with Gasteiger partial charge < -0.3 is 19.7 Å². The van der Waals surface area contributed by atoms with Crippen LogP contribution in [0.5, 0.6) is 11.5 Å². The lowest BCUT2D eigenvalue weighted by molar-refractivity contribution is 0.354. The van der Waals surface area contributed by atoms with Crippen molar-refractivity contribution < 1.29 is 14.0 Å². The SMILES string of the molecule is CCCc1nc(C(N)c2ccc(OC)c(OC)c2Cl)no1. The van der Waals surface area contributed by atoms with E-state index in [4.69, 9.17) is 31.3 Å². The highest BCUT2D eigenvalue weighted by atomic mass is 35.5. The third-order valence-corrected chi connectivity index (χ3v) is 3.47. The van der Waals surface area contributed by atoms with Gasteiger partial charge in [0.15, 0.2) is 17.3 Å². The molecule has 0 fully saturated rings. The average molecular weight is 312 g/mol. The Balaban J connectivity index is 2.36. The van der Waals surface area contributed by atoms with Crippen molar-refractivity contribution >= 4 is 11.6 Å². The number of nitrogens with zero attached hydrogens (tertiary/aromatic N) is 2. The van der Waals surface area contributed by atoms with Crippen molar-refractivity contribution in [3.8, 4) is 11.5 Å². The van der Waals surface area contributed by atoms with Crippen LogP contribution < -0.4 is 15.2 Å². The monoisotopic (exact) mass is 311 g/mol. The molecule has 0 aliphatic carbocycles. The van der Waals surface area contributed by atoms with Crippen molar-refractivity contribution in [3.05, 3.63) is 34.4 Å². The lowest BCUT2D eigenvalue weighted by atomic mass is 10.1. The van der Waals surface area contributed by atoms with Crippen molar-refractivity contribution in [1.82, 2.24) is 10.1 Å². The summed E-state index contributed by atoms with van der Waals surface area (Å²) in [4.78, 5) is 4.28. The fourth-order valence-corrected chi connectivity index (χ4v) is 2.34. The van der Waals surface area contributed by atoms with Gasteiger partial charge >= 0.3 is 0 Å². The molecule has 21 heavy (non-hydrogen) atoms. The molecule has 1 atom stereocenters. The molecule has 0 aliphatic rings. The maximum Gasteiger partial charge on any atom is 0.226 e. The first-order chi connectivity index (χ1) is 10.1. The Morgan fingerprint density at radius 3 is 2.71 bits per heavy atom. The molecule has 6 nitrogen and oxygen atoms in total. The van der Waals surface area contributed by atoms with Gasteiger partial charge in [-0.2, -0.15) is 4.98 Å². The summed E-state index contributed by atoms with van der Waals surface area (Å²) in [5.41, 5.74) is 6.83. The van der Waals surface area contributed by atoms with Crippen molar-refractivity contribution in [2.45, 2.75) is 25.8 Å². The summed E-state index contributed by atoms with van der Waals surface area (Å²) in [6.45, 7) is 2.04. The zero-order chi connectivity index (χ0) is 15.4. The lowest BCUT2D eigenvalue weighted by Gasteiger charge is -2.15. The van der Waals surface area contributed by atoms with Gasteiger partial charge in [-0.15, -0.1) is 0 Å². The molecule has 0 saturated heterocycles. The van der Waals surface area contributed by atoms with Crippen molar-refractivity contribution in [3.63, 3.8) is 0 Å². The summed E-state index contributed by atoms with van der Waals surface area (Å²) in [7, 11) is 3.07. The number of aryl methyl sites for hydroxylation is 1. The Morgan fingerprint density at radius 1 is 1.33 bits per heavy atom. The van der Waals surface area contributed by atoms with Gasteiger partial charge in [-0.25, -0.2) is 0 Å². The largest absolute Gasteiger partial charge is 0.493 e. The van der Waals surface area contributed by atoms with Crippen LogP contribution in [0, 0.1) is 0 Å². The molecule has 0 amide bonds. The zero-order valence-electron chi connectivity index (χ0n) is 12.2. The highest BCUT2D eigenvalue weighted by Gasteiger charge is 2.22. The molecule has 1 unspecified atom stereocenters. The van der Waals surface area contributed by atoms with E-state index in [0.717, 1.165) is 12.8 Å². The predicted molar refractivity (Wildman–Crippen MR) is 78.9 cm³/mol. The van der Waals surface area contributed by atoms with Crippen LogP contribution in [0.25, 0.3) is 0 Å². The van der Waals surface area contributed by atoms with Crippen molar-refractivity contribution in [1.29, 1.82) is 0 Å². The summed E-state index contributed by atoms with van der Waals surface area (Å²) in [5.74, 6) is 1.94. The molecule has 1 aromatic heterocycles. The number of methoxy groups -OCH3 is 2. The fraction of sp³-hybridized carbons (Fsp3) is 0.429. The van der Waals surface area contributed by atoms with Crippen LogP contribution in [0.2, 0.25) is 5.02 Å². The molecule has 114 valence electrons. The molecular weight excluding hydrogens is 294 g/mol. The molecule has 2 N–H and O–H groups in total. The van der Waals surface area contributed by atoms with E-state index < -0.39 is 6.04 Å². The number of halogens is 1. The molecule has 1 aromatic carbocycles. The van der Waals surface area contributed by atoms with E-state index in [1.54, 1.807) is 19.2 Å². The minimum atomic E-state index is -0.591.